The molecule has 0 aliphatic heterocycles. The van der Waals surface area contributed by atoms with Gasteiger partial charge in [0.2, 0.25) is 0 Å². The molecule has 0 saturated carbocycles. The van der Waals surface area contributed by atoms with Crippen molar-refractivity contribution in [3.63, 3.8) is 0 Å². The van der Waals surface area contributed by atoms with E-state index in [9.17, 15) is 9.59 Å². The number of para-hydroxylation sites is 2. The first kappa shape index (κ1) is 31.2. The fraction of sp³-hybridized carbons (Fsp3) is 0.179. The van der Waals surface area contributed by atoms with Crippen molar-refractivity contribution in [3.05, 3.63) is 119 Å². The van der Waals surface area contributed by atoms with Crippen molar-refractivity contribution in [2.75, 3.05) is 20.8 Å². The van der Waals surface area contributed by atoms with Crippen LogP contribution in [0.1, 0.15) is 38.8 Å². The Bertz CT molecular complexity index is 2110. The number of amides is 2. The Labute approximate surface area is 273 Å². The molecule has 8 nitrogen and oxygen atoms in total. The Kier molecular flexibility index (Phi) is 8.84. The monoisotopic (exact) mass is 624 g/mol. The first-order chi connectivity index (χ1) is 22.8. The standard InChI is InChI=1S/C39H36N4O4/c1-23(41-39(45)35-25(3)37(27-16-20-29(47-5)21-17-27)43-33-13-9-7-11-31(33)35)22-40-38(44)34-24(2)36(26-14-18-28(46-4)19-15-26)42-32-12-8-6-10-30(32)34/h6-21,23H,22H2,1-5H3,(H,40,44)(H,41,45). The summed E-state index contributed by atoms with van der Waals surface area (Å²) in [6.07, 6.45) is 0. The fourth-order valence-corrected chi connectivity index (χ4v) is 5.94. The lowest BCUT2D eigenvalue weighted by atomic mass is 9.96. The van der Waals surface area contributed by atoms with Gasteiger partial charge in [-0.2, -0.15) is 0 Å². The van der Waals surface area contributed by atoms with E-state index in [1.807, 2.05) is 118 Å². The van der Waals surface area contributed by atoms with Gasteiger partial charge in [0.1, 0.15) is 11.5 Å². The molecule has 0 saturated heterocycles. The Morgan fingerprint density at radius 1 is 0.638 bits per heavy atom. The van der Waals surface area contributed by atoms with Crippen LogP contribution in [0.2, 0.25) is 0 Å². The first-order valence-corrected chi connectivity index (χ1v) is 15.5. The molecule has 4 aromatic carbocycles. The van der Waals surface area contributed by atoms with Crippen molar-refractivity contribution in [2.24, 2.45) is 0 Å². The lowest BCUT2D eigenvalue weighted by molar-refractivity contribution is 0.0913. The molecule has 6 aromatic rings. The number of nitrogens with one attached hydrogen (secondary N) is 2. The normalized spacial score (nSPS) is 11.7. The number of carbonyl (C=O) groups is 2. The minimum Gasteiger partial charge on any atom is -0.497 e. The summed E-state index contributed by atoms with van der Waals surface area (Å²) in [4.78, 5) is 37.5. The summed E-state index contributed by atoms with van der Waals surface area (Å²) in [6, 6.07) is 30.2. The lowest BCUT2D eigenvalue weighted by Gasteiger charge is -2.19. The molecule has 0 aliphatic carbocycles. The van der Waals surface area contributed by atoms with Gasteiger partial charge in [0.05, 0.1) is 47.8 Å². The molecular weight excluding hydrogens is 588 g/mol. The zero-order valence-electron chi connectivity index (χ0n) is 27.0. The average Bonchev–Trinajstić information content (AvgIpc) is 3.10. The van der Waals surface area contributed by atoms with Crippen molar-refractivity contribution >= 4 is 33.6 Å². The van der Waals surface area contributed by atoms with Crippen LogP contribution in [0, 0.1) is 13.8 Å². The Morgan fingerprint density at radius 3 is 1.51 bits per heavy atom. The molecule has 1 unspecified atom stereocenters. The van der Waals surface area contributed by atoms with Gasteiger partial charge in [-0.25, -0.2) is 9.97 Å². The van der Waals surface area contributed by atoms with Crippen LogP contribution in [0.15, 0.2) is 97.1 Å². The third kappa shape index (κ3) is 6.22. The molecule has 0 fully saturated rings. The number of methoxy groups -OCH3 is 2. The minimum absolute atomic E-state index is 0.228. The molecule has 2 N–H and O–H groups in total. The van der Waals surface area contributed by atoms with E-state index in [0.29, 0.717) is 11.1 Å². The van der Waals surface area contributed by atoms with E-state index in [4.69, 9.17) is 19.4 Å². The number of carbonyl (C=O) groups excluding carboxylic acids is 2. The molecule has 2 amide bonds. The fourth-order valence-electron chi connectivity index (χ4n) is 5.94. The molecule has 2 heterocycles. The summed E-state index contributed by atoms with van der Waals surface area (Å²) in [6.45, 7) is 5.93. The molecule has 0 bridgehead atoms. The van der Waals surface area contributed by atoms with Gasteiger partial charge in [-0.05, 0) is 92.6 Å². The number of hydrogen-bond donors (Lipinski definition) is 2. The van der Waals surface area contributed by atoms with Gasteiger partial charge >= 0.3 is 0 Å². The summed E-state index contributed by atoms with van der Waals surface area (Å²) in [5.41, 5.74) is 7.33. The summed E-state index contributed by atoms with van der Waals surface area (Å²) >= 11 is 0. The van der Waals surface area contributed by atoms with E-state index in [1.54, 1.807) is 14.2 Å². The topological polar surface area (TPSA) is 102 Å². The van der Waals surface area contributed by atoms with Gasteiger partial charge in [0.15, 0.2) is 0 Å². The van der Waals surface area contributed by atoms with Gasteiger partial charge in [-0.1, -0.05) is 36.4 Å². The second-order valence-corrected chi connectivity index (χ2v) is 11.5. The number of rotatable bonds is 9. The highest BCUT2D eigenvalue weighted by Gasteiger charge is 2.22. The first-order valence-electron chi connectivity index (χ1n) is 15.5. The quantitative estimate of drug-likeness (QED) is 0.175. The van der Waals surface area contributed by atoms with E-state index in [0.717, 1.165) is 66.9 Å². The second-order valence-electron chi connectivity index (χ2n) is 11.5. The number of aromatic nitrogens is 2. The van der Waals surface area contributed by atoms with Gasteiger partial charge < -0.3 is 20.1 Å². The predicted molar refractivity (Wildman–Crippen MR) is 186 cm³/mol. The van der Waals surface area contributed by atoms with Crippen LogP contribution in [0.25, 0.3) is 44.3 Å². The van der Waals surface area contributed by atoms with Crippen molar-refractivity contribution < 1.29 is 19.1 Å². The van der Waals surface area contributed by atoms with Crippen LogP contribution < -0.4 is 20.1 Å². The van der Waals surface area contributed by atoms with Gasteiger partial charge in [0.25, 0.3) is 11.8 Å². The minimum atomic E-state index is -0.364. The van der Waals surface area contributed by atoms with E-state index >= 15 is 0 Å². The molecule has 2 aromatic heterocycles. The van der Waals surface area contributed by atoms with Crippen molar-refractivity contribution in [3.8, 4) is 34.0 Å². The summed E-state index contributed by atoms with van der Waals surface area (Å²) < 4.78 is 10.6. The molecule has 47 heavy (non-hydrogen) atoms. The highest BCUT2D eigenvalue weighted by molar-refractivity contribution is 6.10. The zero-order chi connectivity index (χ0) is 33.1. The van der Waals surface area contributed by atoms with Gasteiger partial charge in [-0.15, -0.1) is 0 Å². The van der Waals surface area contributed by atoms with Crippen molar-refractivity contribution in [1.82, 2.24) is 20.6 Å². The second kappa shape index (κ2) is 13.3. The third-order valence-corrected chi connectivity index (χ3v) is 8.40. The highest BCUT2D eigenvalue weighted by atomic mass is 16.5. The van der Waals surface area contributed by atoms with Crippen LogP contribution in [0.3, 0.4) is 0 Å². The molecule has 0 aliphatic rings. The van der Waals surface area contributed by atoms with E-state index in [1.165, 1.54) is 0 Å². The molecule has 0 radical (unpaired) electrons. The van der Waals surface area contributed by atoms with Crippen LogP contribution >= 0.6 is 0 Å². The molecule has 0 spiro atoms. The maximum Gasteiger partial charge on any atom is 0.252 e. The van der Waals surface area contributed by atoms with Crippen molar-refractivity contribution in [2.45, 2.75) is 26.8 Å². The smallest absolute Gasteiger partial charge is 0.252 e. The summed E-state index contributed by atoms with van der Waals surface area (Å²) in [7, 11) is 3.25. The highest BCUT2D eigenvalue weighted by Crippen LogP contribution is 2.32. The molecular formula is C39H36N4O4. The molecule has 8 heteroatoms. The Balaban J connectivity index is 1.25. The van der Waals surface area contributed by atoms with E-state index in [2.05, 4.69) is 10.6 Å². The SMILES string of the molecule is COc1ccc(-c2nc3ccccc3c(C(=O)NCC(C)NC(=O)c3c(C)c(-c4ccc(OC)cc4)nc4ccccc34)c2C)cc1. The molecule has 236 valence electrons. The van der Waals surface area contributed by atoms with Gasteiger partial charge in [0, 0.05) is 34.5 Å². The number of fused-ring (bicyclic) bond motifs is 2. The van der Waals surface area contributed by atoms with E-state index in [-0.39, 0.29) is 24.4 Å². The number of nitrogens with zero attached hydrogens (tertiary/aromatic N) is 2. The Morgan fingerprint density at radius 2 is 1.06 bits per heavy atom. The molecule has 1 atom stereocenters. The number of ether oxygens (including phenoxy) is 2. The van der Waals surface area contributed by atoms with Crippen molar-refractivity contribution in [1.29, 1.82) is 0 Å². The maximum atomic E-state index is 13.9. The Hall–Kier alpha value is -5.76. The van der Waals surface area contributed by atoms with Crippen LogP contribution in [0.4, 0.5) is 0 Å². The maximum absolute atomic E-state index is 13.9. The largest absolute Gasteiger partial charge is 0.497 e. The van der Waals surface area contributed by atoms with E-state index < -0.39 is 0 Å². The van der Waals surface area contributed by atoms with Crippen LogP contribution in [-0.4, -0.2) is 48.6 Å². The summed E-state index contributed by atoms with van der Waals surface area (Å²) in [5.74, 6) is 1.02. The summed E-state index contributed by atoms with van der Waals surface area (Å²) in [5, 5.41) is 7.70. The lowest BCUT2D eigenvalue weighted by Crippen LogP contribution is -2.42. The average molecular weight is 625 g/mol. The number of benzene rings is 4. The molecule has 6 rings (SSSR count). The number of pyridine rings is 2. The third-order valence-electron chi connectivity index (χ3n) is 8.40. The zero-order valence-corrected chi connectivity index (χ0v) is 27.0. The van der Waals surface area contributed by atoms with Crippen LogP contribution in [-0.2, 0) is 0 Å². The van der Waals surface area contributed by atoms with Gasteiger partial charge in [-0.3, -0.25) is 9.59 Å². The number of hydrogen-bond acceptors (Lipinski definition) is 6. The van der Waals surface area contributed by atoms with Crippen LogP contribution in [0.5, 0.6) is 11.5 Å². The predicted octanol–water partition coefficient (Wildman–Crippen LogP) is 7.30.